The van der Waals surface area contributed by atoms with Crippen LogP contribution in [0.1, 0.15) is 57.8 Å². The molecule has 5 aliphatic rings. The third-order valence-corrected chi connectivity index (χ3v) is 10.9. The second kappa shape index (κ2) is 12.1. The SMILES string of the molecule is C=C1CCC2C3(C)COC(c4ccc(OC5OC(CO)C(O)C(O)C5O)cc4)OC3CCC2(C)C1CC=C1C(=O)OCC1O. The molecule has 44 heavy (non-hydrogen) atoms. The van der Waals surface area contributed by atoms with Crippen LogP contribution in [0.2, 0.25) is 0 Å². The largest absolute Gasteiger partial charge is 0.462 e. The Morgan fingerprint density at radius 2 is 1.77 bits per heavy atom. The summed E-state index contributed by atoms with van der Waals surface area (Å²) in [5.74, 6) is 0.415. The molecule has 242 valence electrons. The maximum absolute atomic E-state index is 12.1. The minimum absolute atomic E-state index is 0.0126. The van der Waals surface area contributed by atoms with Gasteiger partial charge in [0.25, 0.3) is 0 Å². The van der Waals surface area contributed by atoms with Crippen molar-refractivity contribution in [3.63, 3.8) is 0 Å². The van der Waals surface area contributed by atoms with Crippen LogP contribution in [0.15, 0.2) is 48.1 Å². The van der Waals surface area contributed by atoms with Crippen molar-refractivity contribution < 1.29 is 54.0 Å². The molecule has 1 aromatic rings. The fourth-order valence-electron chi connectivity index (χ4n) is 8.37. The number of hydrogen-bond donors (Lipinski definition) is 5. The first-order valence-electron chi connectivity index (χ1n) is 15.5. The summed E-state index contributed by atoms with van der Waals surface area (Å²) in [6.45, 7) is 9.01. The molecule has 11 heteroatoms. The highest BCUT2D eigenvalue weighted by atomic mass is 16.7. The lowest BCUT2D eigenvalue weighted by Crippen LogP contribution is -2.60. The Bertz CT molecular complexity index is 1260. The van der Waals surface area contributed by atoms with Gasteiger partial charge in [-0.3, -0.25) is 0 Å². The highest BCUT2D eigenvalue weighted by Gasteiger charge is 2.60. The van der Waals surface area contributed by atoms with Crippen molar-refractivity contribution in [2.75, 3.05) is 19.8 Å². The van der Waals surface area contributed by atoms with Crippen LogP contribution in [0.25, 0.3) is 0 Å². The molecule has 2 saturated carbocycles. The highest BCUT2D eigenvalue weighted by Crippen LogP contribution is 2.64. The van der Waals surface area contributed by atoms with E-state index in [-0.39, 0.29) is 29.5 Å². The number of cyclic esters (lactones) is 1. The molecule has 12 atom stereocenters. The standard InChI is InChI=1S/C33H44O11/c1-17-4-11-24-32(2,21(17)10-9-20-22(35)15-40-29(20)39)13-12-25-33(24,3)16-41-30(44-25)18-5-7-19(8-6-18)42-31-28(38)27(37)26(36)23(14-34)43-31/h5-9,21-28,30-31,34-38H,1,4,10-16H2,2-3H3. The van der Waals surface area contributed by atoms with Crippen LogP contribution >= 0.6 is 0 Å². The van der Waals surface area contributed by atoms with E-state index in [4.69, 9.17) is 23.7 Å². The minimum atomic E-state index is -1.52. The van der Waals surface area contributed by atoms with Gasteiger partial charge in [-0.2, -0.15) is 0 Å². The van der Waals surface area contributed by atoms with Gasteiger partial charge in [0.15, 0.2) is 6.29 Å². The van der Waals surface area contributed by atoms with Gasteiger partial charge >= 0.3 is 5.97 Å². The summed E-state index contributed by atoms with van der Waals surface area (Å²) in [6, 6.07) is 7.02. The molecular weight excluding hydrogens is 572 g/mol. The molecule has 1 aromatic carbocycles. The van der Waals surface area contributed by atoms with Gasteiger partial charge in [-0.1, -0.05) is 44.2 Å². The van der Waals surface area contributed by atoms with Crippen LogP contribution in [0.5, 0.6) is 5.75 Å². The topological polar surface area (TPSA) is 164 Å². The van der Waals surface area contributed by atoms with Gasteiger partial charge in [0.05, 0.1) is 24.9 Å². The summed E-state index contributed by atoms with van der Waals surface area (Å²) in [5.41, 5.74) is 2.07. The molecule has 5 fully saturated rings. The van der Waals surface area contributed by atoms with E-state index in [1.54, 1.807) is 12.1 Å². The van der Waals surface area contributed by atoms with Gasteiger partial charge in [0, 0.05) is 11.0 Å². The fraction of sp³-hybridized carbons (Fsp3) is 0.667. The summed E-state index contributed by atoms with van der Waals surface area (Å²) in [6.07, 6.45) is -2.07. The first-order valence-corrected chi connectivity index (χ1v) is 15.5. The van der Waals surface area contributed by atoms with E-state index in [0.29, 0.717) is 30.3 Å². The molecule has 3 heterocycles. The summed E-state index contributed by atoms with van der Waals surface area (Å²) < 4.78 is 29.2. The molecule has 2 aliphatic carbocycles. The van der Waals surface area contributed by atoms with Crippen LogP contribution in [0.4, 0.5) is 0 Å². The highest BCUT2D eigenvalue weighted by molar-refractivity contribution is 5.91. The van der Waals surface area contributed by atoms with Crippen LogP contribution in [-0.4, -0.2) is 94.2 Å². The van der Waals surface area contributed by atoms with E-state index >= 15 is 0 Å². The Balaban J connectivity index is 1.12. The molecule has 0 radical (unpaired) electrons. The predicted octanol–water partition coefficient (Wildman–Crippen LogP) is 1.90. The Morgan fingerprint density at radius 3 is 2.45 bits per heavy atom. The third kappa shape index (κ3) is 5.41. The van der Waals surface area contributed by atoms with Gasteiger partial charge in [0.1, 0.15) is 42.9 Å². The molecule has 0 spiro atoms. The molecule has 0 bridgehead atoms. The van der Waals surface area contributed by atoms with Crippen molar-refractivity contribution in [2.24, 2.45) is 22.7 Å². The van der Waals surface area contributed by atoms with Crippen molar-refractivity contribution >= 4 is 5.97 Å². The van der Waals surface area contributed by atoms with Gasteiger partial charge in [0.2, 0.25) is 6.29 Å². The number of esters is 1. The van der Waals surface area contributed by atoms with E-state index in [9.17, 15) is 30.3 Å². The third-order valence-electron chi connectivity index (χ3n) is 10.9. The van der Waals surface area contributed by atoms with E-state index in [1.165, 1.54) is 5.57 Å². The van der Waals surface area contributed by atoms with Crippen molar-refractivity contribution in [2.45, 2.75) is 95.2 Å². The molecular formula is C33H44O11. The van der Waals surface area contributed by atoms with Crippen LogP contribution in [-0.2, 0) is 23.7 Å². The second-order valence-electron chi connectivity index (χ2n) is 13.5. The maximum Gasteiger partial charge on any atom is 0.336 e. The monoisotopic (exact) mass is 616 g/mol. The fourth-order valence-corrected chi connectivity index (χ4v) is 8.37. The van der Waals surface area contributed by atoms with Crippen molar-refractivity contribution in [1.82, 2.24) is 0 Å². The lowest BCUT2D eigenvalue weighted by Gasteiger charge is -2.62. The number of fused-ring (bicyclic) bond motifs is 3. The molecule has 0 aromatic heterocycles. The second-order valence-corrected chi connectivity index (χ2v) is 13.5. The number of carbonyl (C=O) groups is 1. The number of benzene rings is 1. The van der Waals surface area contributed by atoms with Gasteiger partial charge in [-0.15, -0.1) is 0 Å². The van der Waals surface area contributed by atoms with Gasteiger partial charge in [-0.25, -0.2) is 4.79 Å². The number of allylic oxidation sites excluding steroid dienone is 2. The van der Waals surface area contributed by atoms with E-state index in [1.807, 2.05) is 18.2 Å². The zero-order valence-electron chi connectivity index (χ0n) is 25.2. The van der Waals surface area contributed by atoms with Crippen molar-refractivity contribution in [3.8, 4) is 5.75 Å². The van der Waals surface area contributed by atoms with Crippen molar-refractivity contribution in [1.29, 1.82) is 0 Å². The zero-order valence-corrected chi connectivity index (χ0v) is 25.2. The number of hydrogen-bond acceptors (Lipinski definition) is 11. The average molecular weight is 617 g/mol. The smallest absolute Gasteiger partial charge is 0.336 e. The molecule has 11 nitrogen and oxygen atoms in total. The first-order chi connectivity index (χ1) is 21.0. The number of ether oxygens (including phenoxy) is 5. The Labute approximate surface area is 257 Å². The summed E-state index contributed by atoms with van der Waals surface area (Å²) in [7, 11) is 0. The molecule has 6 rings (SSSR count). The predicted molar refractivity (Wildman–Crippen MR) is 155 cm³/mol. The quantitative estimate of drug-likeness (QED) is 0.180. The zero-order chi connectivity index (χ0) is 31.4. The number of aliphatic hydroxyl groups is 5. The molecule has 5 N–H and O–H groups in total. The van der Waals surface area contributed by atoms with Crippen LogP contribution < -0.4 is 4.74 Å². The summed E-state index contributed by atoms with van der Waals surface area (Å²) in [4.78, 5) is 12.1. The molecule has 3 aliphatic heterocycles. The Kier molecular flexibility index (Phi) is 8.70. The first kappa shape index (κ1) is 31.6. The van der Waals surface area contributed by atoms with Gasteiger partial charge < -0.3 is 49.2 Å². The number of carbonyl (C=O) groups excluding carboxylic acids is 1. The van der Waals surface area contributed by atoms with Crippen LogP contribution in [0.3, 0.4) is 0 Å². The van der Waals surface area contributed by atoms with Crippen LogP contribution in [0, 0.1) is 22.7 Å². The molecule has 12 unspecified atom stereocenters. The lowest BCUT2D eigenvalue weighted by molar-refractivity contribution is -0.307. The number of aliphatic hydroxyl groups excluding tert-OH is 5. The lowest BCUT2D eigenvalue weighted by atomic mass is 9.46. The Morgan fingerprint density at radius 1 is 1.02 bits per heavy atom. The average Bonchev–Trinajstić information content (AvgIpc) is 3.33. The Hall–Kier alpha value is -2.35. The maximum atomic E-state index is 12.1. The normalized spacial score (nSPS) is 45.0. The summed E-state index contributed by atoms with van der Waals surface area (Å²) in [5, 5.41) is 49.9. The van der Waals surface area contributed by atoms with E-state index in [2.05, 4.69) is 20.4 Å². The molecule has 0 amide bonds. The minimum Gasteiger partial charge on any atom is -0.462 e. The van der Waals surface area contributed by atoms with Gasteiger partial charge in [-0.05, 0) is 61.5 Å². The molecule has 3 saturated heterocycles. The summed E-state index contributed by atoms with van der Waals surface area (Å²) >= 11 is 0. The number of rotatable bonds is 6. The van der Waals surface area contributed by atoms with E-state index < -0.39 is 55.7 Å². The van der Waals surface area contributed by atoms with E-state index in [0.717, 1.165) is 31.2 Å². The van der Waals surface area contributed by atoms with Crippen molar-refractivity contribution in [3.05, 3.63) is 53.6 Å².